The number of hydrogen-bond donors (Lipinski definition) is 1. The zero-order valence-electron chi connectivity index (χ0n) is 12.2. The van der Waals surface area contributed by atoms with Gasteiger partial charge in [0, 0.05) is 0 Å². The molecule has 0 aliphatic carbocycles. The molecule has 22 heavy (non-hydrogen) atoms. The van der Waals surface area contributed by atoms with Gasteiger partial charge < -0.3 is 15.2 Å². The number of ether oxygens (including phenoxy) is 2. The molecule has 1 aromatic rings. The van der Waals surface area contributed by atoms with Crippen molar-refractivity contribution in [2.45, 2.75) is 19.8 Å². The number of carbonyl (C=O) groups excluding carboxylic acids is 1. The first-order valence-corrected chi connectivity index (χ1v) is 6.70. The van der Waals surface area contributed by atoms with E-state index in [1.54, 1.807) is 13.8 Å². The van der Waals surface area contributed by atoms with Crippen LogP contribution in [-0.4, -0.2) is 12.5 Å². The fourth-order valence-electron chi connectivity index (χ4n) is 2.37. The number of amides is 1. The Labute approximate surface area is 127 Å². The summed E-state index contributed by atoms with van der Waals surface area (Å²) in [5.74, 6) is -1.54. The number of nitriles is 1. The topological polar surface area (TPSA) is 85.3 Å². The fourth-order valence-corrected chi connectivity index (χ4v) is 2.37. The summed E-state index contributed by atoms with van der Waals surface area (Å²) in [4.78, 5) is 11.8. The van der Waals surface area contributed by atoms with Crippen molar-refractivity contribution < 1.29 is 18.7 Å². The quantitative estimate of drug-likeness (QED) is 0.925. The summed E-state index contributed by atoms with van der Waals surface area (Å²) < 4.78 is 23.9. The Kier molecular flexibility index (Phi) is 4.47. The number of hydrogen-bond acceptors (Lipinski definition) is 4. The van der Waals surface area contributed by atoms with Crippen LogP contribution in [0.3, 0.4) is 0 Å². The molecule has 0 fully saturated rings. The van der Waals surface area contributed by atoms with E-state index >= 15 is 0 Å². The van der Waals surface area contributed by atoms with E-state index < -0.39 is 17.6 Å². The highest BCUT2D eigenvalue weighted by atomic mass is 19.1. The third-order valence-electron chi connectivity index (χ3n) is 3.29. The van der Waals surface area contributed by atoms with E-state index in [4.69, 9.17) is 15.2 Å². The Balaban J connectivity index is 2.63. The van der Waals surface area contributed by atoms with Crippen molar-refractivity contribution in [3.63, 3.8) is 0 Å². The molecule has 114 valence electrons. The van der Waals surface area contributed by atoms with E-state index in [2.05, 4.69) is 0 Å². The zero-order chi connectivity index (χ0) is 16.3. The summed E-state index contributed by atoms with van der Waals surface area (Å²) in [6.45, 7) is 3.63. The van der Waals surface area contributed by atoms with E-state index in [1.807, 2.05) is 6.07 Å². The highest BCUT2D eigenvalue weighted by molar-refractivity contribution is 5.95. The number of allylic oxidation sites excluding steroid dienone is 2. The van der Waals surface area contributed by atoms with Crippen molar-refractivity contribution in [3.05, 3.63) is 58.5 Å². The van der Waals surface area contributed by atoms with E-state index in [1.165, 1.54) is 24.3 Å². The van der Waals surface area contributed by atoms with Crippen molar-refractivity contribution in [1.29, 1.82) is 5.26 Å². The standard InChI is InChI=1S/C16H15FN2O3/c1-3-21-16-12(8-18)14(10-4-6-11(17)7-5-10)13(15(19)20)9(2)22-16/h4-7,14H,3H2,1-2H3,(H2,19,20). The maximum atomic E-state index is 13.1. The normalized spacial score (nSPS) is 17.8. The van der Waals surface area contributed by atoms with Gasteiger partial charge in [-0.1, -0.05) is 12.1 Å². The van der Waals surface area contributed by atoms with Gasteiger partial charge >= 0.3 is 0 Å². The van der Waals surface area contributed by atoms with Crippen molar-refractivity contribution in [1.82, 2.24) is 0 Å². The molecule has 0 aromatic heterocycles. The SMILES string of the molecule is CCOC1=C(C#N)C(c2ccc(F)cc2)C(C(N)=O)=C(C)O1. The van der Waals surface area contributed by atoms with Gasteiger partial charge in [0.05, 0.1) is 18.1 Å². The minimum Gasteiger partial charge on any atom is -0.465 e. The number of halogens is 1. The number of nitrogens with two attached hydrogens (primary N) is 1. The first-order chi connectivity index (χ1) is 10.5. The van der Waals surface area contributed by atoms with Crippen LogP contribution in [0, 0.1) is 17.1 Å². The molecule has 1 aliphatic heterocycles. The highest BCUT2D eigenvalue weighted by Gasteiger charge is 2.36. The summed E-state index contributed by atoms with van der Waals surface area (Å²) in [7, 11) is 0. The Morgan fingerprint density at radius 3 is 2.59 bits per heavy atom. The molecule has 0 bridgehead atoms. The second kappa shape index (κ2) is 6.31. The lowest BCUT2D eigenvalue weighted by molar-refractivity contribution is -0.115. The number of nitrogens with zero attached hydrogens (tertiary/aromatic N) is 1. The van der Waals surface area contributed by atoms with Crippen LogP contribution in [0.15, 0.2) is 47.1 Å². The van der Waals surface area contributed by atoms with Gasteiger partial charge in [-0.2, -0.15) is 5.26 Å². The number of rotatable bonds is 4. The maximum absolute atomic E-state index is 13.1. The van der Waals surface area contributed by atoms with Crippen molar-refractivity contribution >= 4 is 5.91 Å². The third-order valence-corrected chi connectivity index (χ3v) is 3.29. The van der Waals surface area contributed by atoms with E-state index in [0.29, 0.717) is 12.2 Å². The van der Waals surface area contributed by atoms with Crippen LogP contribution in [0.1, 0.15) is 25.3 Å². The van der Waals surface area contributed by atoms with Gasteiger partial charge in [0.15, 0.2) is 0 Å². The van der Waals surface area contributed by atoms with Crippen LogP contribution < -0.4 is 5.73 Å². The molecule has 1 unspecified atom stereocenters. The monoisotopic (exact) mass is 302 g/mol. The molecule has 2 rings (SSSR count). The van der Waals surface area contributed by atoms with Crippen molar-refractivity contribution in [2.75, 3.05) is 6.61 Å². The molecule has 5 nitrogen and oxygen atoms in total. The van der Waals surface area contributed by atoms with Crippen molar-refractivity contribution in [2.24, 2.45) is 5.73 Å². The Hall–Kier alpha value is -2.81. The summed E-state index contributed by atoms with van der Waals surface area (Å²) in [6.07, 6.45) is 0. The summed E-state index contributed by atoms with van der Waals surface area (Å²) >= 11 is 0. The van der Waals surface area contributed by atoms with Crippen LogP contribution in [0.4, 0.5) is 4.39 Å². The second-order valence-electron chi connectivity index (χ2n) is 4.67. The summed E-state index contributed by atoms with van der Waals surface area (Å²) in [6, 6.07) is 7.52. The lowest BCUT2D eigenvalue weighted by Gasteiger charge is -2.27. The van der Waals surface area contributed by atoms with Crippen LogP contribution in [0.25, 0.3) is 0 Å². The van der Waals surface area contributed by atoms with E-state index in [0.717, 1.165) is 0 Å². The van der Waals surface area contributed by atoms with Crippen LogP contribution in [-0.2, 0) is 14.3 Å². The molecule has 1 atom stereocenters. The molecule has 1 aliphatic rings. The summed E-state index contributed by atoms with van der Waals surface area (Å²) in [5.41, 5.74) is 6.28. The van der Waals surface area contributed by atoms with Crippen LogP contribution in [0.2, 0.25) is 0 Å². The molecule has 1 heterocycles. The van der Waals surface area contributed by atoms with Gasteiger partial charge in [-0.25, -0.2) is 4.39 Å². The number of primary amides is 1. The molecule has 2 N–H and O–H groups in total. The van der Waals surface area contributed by atoms with Crippen molar-refractivity contribution in [3.8, 4) is 6.07 Å². The predicted molar refractivity (Wildman–Crippen MR) is 76.4 cm³/mol. The lowest BCUT2D eigenvalue weighted by atomic mass is 9.83. The minimum absolute atomic E-state index is 0.0434. The maximum Gasteiger partial charge on any atom is 0.299 e. The first kappa shape index (κ1) is 15.6. The molecular formula is C16H15FN2O3. The lowest BCUT2D eigenvalue weighted by Crippen LogP contribution is -2.27. The smallest absolute Gasteiger partial charge is 0.299 e. The second-order valence-corrected chi connectivity index (χ2v) is 4.67. The molecule has 6 heteroatoms. The van der Waals surface area contributed by atoms with E-state index in [9.17, 15) is 14.4 Å². The van der Waals surface area contributed by atoms with Crippen LogP contribution >= 0.6 is 0 Å². The van der Waals surface area contributed by atoms with Crippen LogP contribution in [0.5, 0.6) is 0 Å². The Morgan fingerprint density at radius 2 is 2.09 bits per heavy atom. The van der Waals surface area contributed by atoms with Gasteiger partial charge in [-0.3, -0.25) is 4.79 Å². The highest BCUT2D eigenvalue weighted by Crippen LogP contribution is 2.40. The van der Waals surface area contributed by atoms with Gasteiger partial charge in [0.1, 0.15) is 23.2 Å². The number of benzene rings is 1. The molecule has 0 saturated heterocycles. The summed E-state index contributed by atoms with van der Waals surface area (Å²) in [5, 5.41) is 9.44. The average Bonchev–Trinajstić information content (AvgIpc) is 2.47. The first-order valence-electron chi connectivity index (χ1n) is 6.70. The Morgan fingerprint density at radius 1 is 1.45 bits per heavy atom. The van der Waals surface area contributed by atoms with Gasteiger partial charge in [-0.05, 0) is 31.5 Å². The minimum atomic E-state index is -0.738. The fraction of sp³-hybridized carbons (Fsp3) is 0.250. The van der Waals surface area contributed by atoms with Gasteiger partial charge in [0.25, 0.3) is 5.95 Å². The largest absolute Gasteiger partial charge is 0.465 e. The predicted octanol–water partition coefficient (Wildman–Crippen LogP) is 2.47. The Bertz CT molecular complexity index is 699. The molecule has 0 spiro atoms. The number of carbonyl (C=O) groups is 1. The average molecular weight is 302 g/mol. The van der Waals surface area contributed by atoms with E-state index in [-0.39, 0.29) is 22.9 Å². The molecule has 0 radical (unpaired) electrons. The molecule has 1 aromatic carbocycles. The third kappa shape index (κ3) is 2.79. The zero-order valence-corrected chi connectivity index (χ0v) is 12.2. The molecule has 1 amide bonds. The van der Waals surface area contributed by atoms with Gasteiger partial charge in [0.2, 0.25) is 5.91 Å². The molecule has 0 saturated carbocycles. The van der Waals surface area contributed by atoms with Gasteiger partial charge in [-0.15, -0.1) is 0 Å². The molecular weight excluding hydrogens is 287 g/mol.